The molecule has 0 radical (unpaired) electrons. The highest BCUT2D eigenvalue weighted by Crippen LogP contribution is 2.35. The lowest BCUT2D eigenvalue weighted by Crippen LogP contribution is -2.43. The molecule has 0 spiro atoms. The van der Waals surface area contributed by atoms with E-state index < -0.39 is 35.1 Å². The summed E-state index contributed by atoms with van der Waals surface area (Å²) in [7, 11) is 0. The number of aromatic nitrogens is 6. The number of carbonyl (C=O) groups excluding carboxylic acids is 2. The number of nitrogens with two attached hydrogens (primary N) is 1. The Morgan fingerprint density at radius 1 is 1.13 bits per heavy atom. The first-order chi connectivity index (χ1) is 21.4. The summed E-state index contributed by atoms with van der Waals surface area (Å²) in [6.45, 7) is 8.01. The van der Waals surface area contributed by atoms with E-state index in [-0.39, 0.29) is 41.6 Å². The summed E-state index contributed by atoms with van der Waals surface area (Å²) in [4.78, 5) is 33.7. The van der Waals surface area contributed by atoms with Gasteiger partial charge in [-0.1, -0.05) is 20.8 Å². The van der Waals surface area contributed by atoms with Crippen LogP contribution in [0.2, 0.25) is 0 Å². The first-order valence-electron chi connectivity index (χ1n) is 14.7. The predicted octanol–water partition coefficient (Wildman–Crippen LogP) is 5.19. The van der Waals surface area contributed by atoms with E-state index in [2.05, 4.69) is 25.5 Å². The van der Waals surface area contributed by atoms with Gasteiger partial charge in [0.05, 0.1) is 24.0 Å². The van der Waals surface area contributed by atoms with Gasteiger partial charge >= 0.3 is 5.97 Å². The van der Waals surface area contributed by atoms with E-state index >= 15 is 0 Å². The zero-order valence-corrected chi connectivity index (χ0v) is 26.3. The molecule has 12 nitrogen and oxygen atoms in total. The molecule has 1 amide bonds. The van der Waals surface area contributed by atoms with Crippen LogP contribution in [0.3, 0.4) is 0 Å². The maximum atomic E-state index is 14.8. The van der Waals surface area contributed by atoms with E-state index in [0.29, 0.717) is 17.2 Å². The molecule has 1 atom stereocenters. The third-order valence-corrected chi connectivity index (χ3v) is 8.47. The molecule has 240 valence electrons. The third kappa shape index (κ3) is 7.60. The number of hydrogen-bond donors (Lipinski definition) is 2. The SMILES string of the molecule is CCOC1CCC(n2cc(NC(=O)c3csc(-c4cnn(COC(=O)[C@@H](N)C(C)(C)C)c4)n3)c(-c3nc(F)ccc3F)n2)CC1. The fourth-order valence-electron chi connectivity index (χ4n) is 4.96. The van der Waals surface area contributed by atoms with Crippen LogP contribution in [0.1, 0.15) is 69.9 Å². The summed E-state index contributed by atoms with van der Waals surface area (Å²) in [5.74, 6) is -2.74. The molecule has 0 unspecified atom stereocenters. The Kier molecular flexibility index (Phi) is 9.70. The van der Waals surface area contributed by atoms with Crippen LogP contribution >= 0.6 is 11.3 Å². The van der Waals surface area contributed by atoms with Crippen molar-refractivity contribution in [1.82, 2.24) is 29.5 Å². The lowest BCUT2D eigenvalue weighted by atomic mass is 9.87. The lowest BCUT2D eigenvalue weighted by molar-refractivity contribution is -0.152. The number of rotatable bonds is 10. The molecule has 4 aromatic rings. The average molecular weight is 643 g/mol. The molecule has 4 aromatic heterocycles. The Hall–Kier alpha value is -4.08. The Morgan fingerprint density at radius 3 is 2.60 bits per heavy atom. The van der Waals surface area contributed by atoms with Crippen LogP contribution in [0.15, 0.2) is 36.1 Å². The summed E-state index contributed by atoms with van der Waals surface area (Å²) >= 11 is 1.22. The summed E-state index contributed by atoms with van der Waals surface area (Å²) in [6, 6.07) is 1.10. The fourth-order valence-corrected chi connectivity index (χ4v) is 5.73. The zero-order chi connectivity index (χ0) is 32.3. The van der Waals surface area contributed by atoms with Crippen molar-refractivity contribution in [3.8, 4) is 22.0 Å². The molecule has 1 fully saturated rings. The number of nitrogens with one attached hydrogen (secondary N) is 1. The first-order valence-corrected chi connectivity index (χ1v) is 15.6. The summed E-state index contributed by atoms with van der Waals surface area (Å²) in [6.07, 6.45) is 8.22. The predicted molar refractivity (Wildman–Crippen MR) is 163 cm³/mol. The number of thiazole rings is 1. The largest absolute Gasteiger partial charge is 0.441 e. The van der Waals surface area contributed by atoms with Crippen LogP contribution in [0.4, 0.5) is 14.5 Å². The van der Waals surface area contributed by atoms with Gasteiger partial charge in [0.15, 0.2) is 12.5 Å². The van der Waals surface area contributed by atoms with E-state index in [0.717, 1.165) is 37.8 Å². The maximum Gasteiger partial charge on any atom is 0.325 e. The second-order valence-electron chi connectivity index (χ2n) is 11.9. The molecule has 5 rings (SSSR count). The van der Waals surface area contributed by atoms with Gasteiger partial charge in [-0.15, -0.1) is 11.3 Å². The van der Waals surface area contributed by atoms with Crippen molar-refractivity contribution in [3.63, 3.8) is 0 Å². The van der Waals surface area contributed by atoms with Gasteiger partial charge in [-0.05, 0) is 50.2 Å². The number of esters is 1. The Bertz CT molecular complexity index is 1660. The molecule has 0 saturated heterocycles. The number of anilines is 1. The van der Waals surface area contributed by atoms with Gasteiger partial charge < -0.3 is 20.5 Å². The van der Waals surface area contributed by atoms with E-state index in [9.17, 15) is 18.4 Å². The Labute approximate surface area is 263 Å². The fraction of sp³-hybridized carbons (Fsp3) is 0.467. The lowest BCUT2D eigenvalue weighted by Gasteiger charge is -2.28. The van der Waals surface area contributed by atoms with E-state index in [1.807, 2.05) is 27.7 Å². The highest BCUT2D eigenvalue weighted by molar-refractivity contribution is 7.13. The van der Waals surface area contributed by atoms with Crippen molar-refractivity contribution in [3.05, 3.63) is 53.6 Å². The smallest absolute Gasteiger partial charge is 0.325 e. The second-order valence-corrected chi connectivity index (χ2v) is 12.8. The molecule has 4 heterocycles. The molecule has 15 heteroatoms. The van der Waals surface area contributed by atoms with Gasteiger partial charge in [0.1, 0.15) is 28.1 Å². The molecule has 0 aliphatic heterocycles. The maximum absolute atomic E-state index is 14.8. The van der Waals surface area contributed by atoms with Crippen LogP contribution in [-0.2, 0) is 21.0 Å². The van der Waals surface area contributed by atoms with Gasteiger partial charge in [-0.25, -0.2) is 19.0 Å². The minimum absolute atomic E-state index is 0.00591. The topological polar surface area (TPSA) is 152 Å². The monoisotopic (exact) mass is 642 g/mol. The highest BCUT2D eigenvalue weighted by atomic mass is 32.1. The molecule has 0 bridgehead atoms. The molecule has 1 saturated carbocycles. The van der Waals surface area contributed by atoms with Crippen molar-refractivity contribution in [2.24, 2.45) is 11.1 Å². The molecule has 0 aromatic carbocycles. The highest BCUT2D eigenvalue weighted by Gasteiger charge is 2.29. The van der Waals surface area contributed by atoms with Crippen LogP contribution in [0, 0.1) is 17.2 Å². The standard InChI is InChI=1S/C30H36F2N8O4S/c1-5-43-19-8-6-18(7-9-19)40-14-21(25(38-40)24-20(31)10-11-23(32)37-24)35-27(41)22-15-45-28(36-22)17-12-34-39(13-17)16-44-29(42)26(33)30(2,3)4/h10-15,18-19,26H,5-9,16,33H2,1-4H3,(H,35,41)/t18?,19?,26-/m1/s1. The van der Waals surface area contributed by atoms with Crippen LogP contribution in [0.5, 0.6) is 0 Å². The van der Waals surface area contributed by atoms with Gasteiger partial charge in [-0.2, -0.15) is 14.6 Å². The number of halogens is 2. The number of carbonyl (C=O) groups is 2. The van der Waals surface area contributed by atoms with Crippen LogP contribution < -0.4 is 11.1 Å². The summed E-state index contributed by atoms with van der Waals surface area (Å²) in [5, 5.41) is 13.6. The summed E-state index contributed by atoms with van der Waals surface area (Å²) < 4.78 is 43.0. The zero-order valence-electron chi connectivity index (χ0n) is 25.5. The van der Waals surface area contributed by atoms with E-state index in [1.165, 1.54) is 16.0 Å². The van der Waals surface area contributed by atoms with Crippen molar-refractivity contribution in [2.75, 3.05) is 11.9 Å². The van der Waals surface area contributed by atoms with Gasteiger partial charge in [-0.3, -0.25) is 14.3 Å². The van der Waals surface area contributed by atoms with Gasteiger partial charge in [0, 0.05) is 29.9 Å². The average Bonchev–Trinajstić information content (AvgIpc) is 3.77. The molecule has 1 aliphatic rings. The third-order valence-electron chi connectivity index (χ3n) is 7.58. The van der Waals surface area contributed by atoms with E-state index in [4.69, 9.17) is 15.2 Å². The van der Waals surface area contributed by atoms with Crippen LogP contribution in [0.25, 0.3) is 22.0 Å². The Balaban J connectivity index is 1.31. The minimum atomic E-state index is -0.869. The normalized spacial score (nSPS) is 17.7. The van der Waals surface area contributed by atoms with Crippen molar-refractivity contribution < 1.29 is 27.8 Å². The number of amides is 1. The van der Waals surface area contributed by atoms with Crippen molar-refractivity contribution in [2.45, 2.75) is 78.3 Å². The van der Waals surface area contributed by atoms with Crippen molar-refractivity contribution >= 4 is 28.9 Å². The second kappa shape index (κ2) is 13.5. The number of hydrogen-bond acceptors (Lipinski definition) is 10. The van der Waals surface area contributed by atoms with Gasteiger partial charge in [0.25, 0.3) is 5.91 Å². The Morgan fingerprint density at radius 2 is 1.89 bits per heavy atom. The minimum Gasteiger partial charge on any atom is -0.441 e. The summed E-state index contributed by atoms with van der Waals surface area (Å²) in [5.41, 5.74) is 6.11. The molecule has 45 heavy (non-hydrogen) atoms. The molecular formula is C30H36F2N8O4S. The van der Waals surface area contributed by atoms with Crippen LogP contribution in [-0.4, -0.2) is 60.2 Å². The molecular weight excluding hydrogens is 606 g/mol. The van der Waals surface area contributed by atoms with E-state index in [1.54, 1.807) is 28.7 Å². The number of nitrogens with zero attached hydrogens (tertiary/aromatic N) is 6. The van der Waals surface area contributed by atoms with Crippen molar-refractivity contribution in [1.29, 1.82) is 0 Å². The molecule has 3 N–H and O–H groups in total. The van der Waals surface area contributed by atoms with Gasteiger partial charge in [0.2, 0.25) is 5.95 Å². The quantitative estimate of drug-likeness (QED) is 0.176. The number of ether oxygens (including phenoxy) is 2. The first kappa shape index (κ1) is 32.3. The number of pyridine rings is 1. The molecule has 1 aliphatic carbocycles.